The van der Waals surface area contributed by atoms with Gasteiger partial charge in [0.25, 0.3) is 0 Å². The highest BCUT2D eigenvalue weighted by Crippen LogP contribution is 2.38. The van der Waals surface area contributed by atoms with E-state index in [1.165, 1.54) is 0 Å². The molecule has 0 aromatic rings. The minimum absolute atomic E-state index is 0.0842. The molecule has 0 aliphatic heterocycles. The Bertz CT molecular complexity index is 260. The maximum Gasteiger partial charge on any atom is 0.167 e. The summed E-state index contributed by atoms with van der Waals surface area (Å²) >= 11 is 0. The van der Waals surface area contributed by atoms with Crippen molar-refractivity contribution in [1.29, 1.82) is 0 Å². The monoisotopic (exact) mass is 287 g/mol. The number of nitrogens with zero attached hydrogens (tertiary/aromatic N) is 1. The topological polar surface area (TPSA) is 38.7 Å². The Morgan fingerprint density at radius 2 is 2.22 bits per heavy atom. The first-order valence-corrected chi connectivity index (χ1v) is 8.52. The predicted octanol–water partition coefficient (Wildman–Crippen LogP) is 3.42. The average Bonchev–Trinajstić information content (AvgIpc) is 2.30. The normalized spacial score (nSPS) is 11.9. The van der Waals surface area contributed by atoms with E-state index < -0.39 is 0 Å². The number of carbonyl (C=O) groups is 1. The van der Waals surface area contributed by atoms with Gasteiger partial charge in [-0.05, 0) is 39.5 Å². The Kier molecular flexibility index (Phi) is 10.7. The third-order valence-corrected chi connectivity index (χ3v) is 5.49. The van der Waals surface area contributed by atoms with Gasteiger partial charge in [-0.25, -0.2) is 0 Å². The van der Waals surface area contributed by atoms with E-state index in [1.807, 2.05) is 17.7 Å². The molecule has 18 heavy (non-hydrogen) atoms. The van der Waals surface area contributed by atoms with Crippen LogP contribution in [-0.4, -0.2) is 36.9 Å². The van der Waals surface area contributed by atoms with E-state index >= 15 is 0 Å². The van der Waals surface area contributed by atoms with E-state index in [4.69, 9.17) is 12.7 Å². The first-order valence-electron chi connectivity index (χ1n) is 6.20. The number of rotatable bonds is 11. The lowest BCUT2D eigenvalue weighted by Gasteiger charge is -2.22. The average molecular weight is 287 g/mol. The zero-order valence-corrected chi connectivity index (χ0v) is 13.1. The molecule has 0 aromatic heterocycles. The minimum Gasteiger partial charge on any atom is -0.396 e. The second-order valence-electron chi connectivity index (χ2n) is 4.51. The van der Waals surface area contributed by atoms with Gasteiger partial charge in [-0.15, -0.1) is 0 Å². The van der Waals surface area contributed by atoms with Gasteiger partial charge in [-0.1, -0.05) is 33.7 Å². The number of hydrogen-bond acceptors (Lipinski definition) is 5. The van der Waals surface area contributed by atoms with Crippen LogP contribution in [-0.2, 0) is 9.63 Å². The van der Waals surface area contributed by atoms with Crippen LogP contribution in [0.3, 0.4) is 0 Å². The van der Waals surface area contributed by atoms with E-state index in [0.29, 0.717) is 13.0 Å². The van der Waals surface area contributed by atoms with Crippen LogP contribution in [0, 0.1) is 0 Å². The number of oxime groups is 1. The lowest BCUT2D eigenvalue weighted by Crippen LogP contribution is -2.15. The summed E-state index contributed by atoms with van der Waals surface area (Å²) in [5, 5.41) is 3.79. The van der Waals surface area contributed by atoms with E-state index in [0.717, 1.165) is 25.0 Å². The van der Waals surface area contributed by atoms with Gasteiger partial charge in [0.1, 0.15) is 6.61 Å². The van der Waals surface area contributed by atoms with Gasteiger partial charge in [-0.3, -0.25) is 0 Å². The van der Waals surface area contributed by atoms with Crippen molar-refractivity contribution < 1.29 is 9.63 Å². The second-order valence-corrected chi connectivity index (χ2v) is 7.64. The molecule has 0 bridgehead atoms. The lowest BCUT2D eigenvalue weighted by atomic mass is 9.94. The molecule has 0 rings (SSSR count). The van der Waals surface area contributed by atoms with Crippen molar-refractivity contribution in [3.8, 4) is 0 Å². The summed E-state index contributed by atoms with van der Waals surface area (Å²) in [6, 6.07) is 0. The molecule has 6 heteroatoms. The van der Waals surface area contributed by atoms with Gasteiger partial charge in [0.15, 0.2) is 7.85 Å². The standard InChI is InChI=1S/C12H22BNO2S2/c1-4-8-14-16-9-5-10-17-18-12(2,3)7-6-11(13)15/h8H,4-7,9-10H2,1-3H3/b14-8+. The smallest absolute Gasteiger partial charge is 0.167 e. The Hall–Kier alpha value is -0.0951. The van der Waals surface area contributed by atoms with Crippen molar-refractivity contribution in [2.45, 2.75) is 51.2 Å². The Labute approximate surface area is 120 Å². The molecule has 0 fully saturated rings. The van der Waals surface area contributed by atoms with Crippen LogP contribution in [0.4, 0.5) is 0 Å². The molecule has 2 radical (unpaired) electrons. The van der Waals surface area contributed by atoms with Gasteiger partial charge in [0, 0.05) is 16.7 Å². The molecule has 0 spiro atoms. The molecule has 0 aromatic carbocycles. The summed E-state index contributed by atoms with van der Waals surface area (Å²) in [7, 11) is 8.76. The highest BCUT2D eigenvalue weighted by molar-refractivity contribution is 8.77. The van der Waals surface area contributed by atoms with Crippen LogP contribution < -0.4 is 0 Å². The molecular weight excluding hydrogens is 265 g/mol. The Balaban J connectivity index is 3.46. The number of hydrogen-bond donors (Lipinski definition) is 0. The van der Waals surface area contributed by atoms with Crippen LogP contribution in [0.1, 0.15) is 46.5 Å². The largest absolute Gasteiger partial charge is 0.396 e. The first kappa shape index (κ1) is 17.9. The zero-order valence-electron chi connectivity index (χ0n) is 11.5. The highest BCUT2D eigenvalue weighted by atomic mass is 33.1. The molecule has 0 heterocycles. The predicted molar refractivity (Wildman–Crippen MR) is 83.5 cm³/mol. The molecule has 0 saturated carbocycles. The van der Waals surface area contributed by atoms with E-state index in [2.05, 4.69) is 19.0 Å². The summed E-state index contributed by atoms with van der Waals surface area (Å²) in [5.41, 5.74) is -0.226. The van der Waals surface area contributed by atoms with Gasteiger partial charge in [0.05, 0.1) is 5.68 Å². The molecule has 3 nitrogen and oxygen atoms in total. The summed E-state index contributed by atoms with van der Waals surface area (Å²) in [6.07, 6.45) is 4.91. The van der Waals surface area contributed by atoms with E-state index in [-0.39, 0.29) is 10.4 Å². The summed E-state index contributed by atoms with van der Waals surface area (Å²) in [5.74, 6) is 1.02. The molecule has 0 saturated heterocycles. The lowest BCUT2D eigenvalue weighted by molar-refractivity contribution is -0.111. The number of carbonyl (C=O) groups excluding carboxylic acids is 1. The molecule has 0 aliphatic rings. The quantitative estimate of drug-likeness (QED) is 0.192. The van der Waals surface area contributed by atoms with Crippen molar-refractivity contribution in [2.24, 2.45) is 5.16 Å². The van der Waals surface area contributed by atoms with Crippen molar-refractivity contribution in [3.63, 3.8) is 0 Å². The van der Waals surface area contributed by atoms with Crippen LogP contribution in [0.25, 0.3) is 0 Å². The SMILES string of the molecule is [B]C(=O)CCC(C)(C)SSCCCO/N=C/CC. The van der Waals surface area contributed by atoms with Gasteiger partial charge in [0.2, 0.25) is 0 Å². The van der Waals surface area contributed by atoms with Crippen LogP contribution in [0.5, 0.6) is 0 Å². The van der Waals surface area contributed by atoms with Crippen LogP contribution >= 0.6 is 21.6 Å². The third kappa shape index (κ3) is 12.4. The second kappa shape index (κ2) is 10.8. The maximum atomic E-state index is 10.7. The van der Waals surface area contributed by atoms with Gasteiger partial charge >= 0.3 is 0 Å². The van der Waals surface area contributed by atoms with Crippen molar-refractivity contribution >= 4 is 41.3 Å². The molecule has 0 amide bonds. The summed E-state index contributed by atoms with van der Waals surface area (Å²) < 4.78 is 0.0842. The molecule has 0 N–H and O–H groups in total. The molecule has 102 valence electrons. The maximum absolute atomic E-state index is 10.7. The fourth-order valence-electron chi connectivity index (χ4n) is 1.03. The van der Waals surface area contributed by atoms with Crippen molar-refractivity contribution in [1.82, 2.24) is 0 Å². The van der Waals surface area contributed by atoms with Gasteiger partial charge < -0.3 is 9.63 Å². The van der Waals surface area contributed by atoms with Crippen LogP contribution in [0.15, 0.2) is 5.16 Å². The summed E-state index contributed by atoms with van der Waals surface area (Å²) in [6.45, 7) is 6.95. The van der Waals surface area contributed by atoms with E-state index in [9.17, 15) is 4.79 Å². The molecule has 0 atom stereocenters. The van der Waals surface area contributed by atoms with E-state index in [1.54, 1.807) is 17.0 Å². The fourth-order valence-corrected chi connectivity index (χ4v) is 3.66. The summed E-state index contributed by atoms with van der Waals surface area (Å²) in [4.78, 5) is 15.8. The minimum atomic E-state index is -0.226. The van der Waals surface area contributed by atoms with Crippen LogP contribution in [0.2, 0.25) is 0 Å². The van der Waals surface area contributed by atoms with Crippen molar-refractivity contribution in [3.05, 3.63) is 0 Å². The fraction of sp³-hybridized carbons (Fsp3) is 0.833. The third-order valence-electron chi connectivity index (χ3n) is 2.05. The zero-order chi connectivity index (χ0) is 13.9. The molecule has 0 aliphatic carbocycles. The first-order chi connectivity index (χ1) is 8.48. The Morgan fingerprint density at radius 3 is 2.83 bits per heavy atom. The van der Waals surface area contributed by atoms with Gasteiger partial charge in [-0.2, -0.15) is 0 Å². The Morgan fingerprint density at radius 1 is 1.50 bits per heavy atom. The van der Waals surface area contributed by atoms with Crippen molar-refractivity contribution in [2.75, 3.05) is 12.4 Å². The molecular formula is C12H22BNO2S2. The highest BCUT2D eigenvalue weighted by Gasteiger charge is 2.19. The molecule has 0 unspecified atom stereocenters.